The van der Waals surface area contributed by atoms with Crippen molar-refractivity contribution in [3.8, 4) is 0 Å². The summed E-state index contributed by atoms with van der Waals surface area (Å²) in [5.74, 6) is -0.737. The number of amides is 2. The van der Waals surface area contributed by atoms with Gasteiger partial charge < -0.3 is 25.7 Å². The van der Waals surface area contributed by atoms with Crippen molar-refractivity contribution in [3.63, 3.8) is 0 Å². The first-order chi connectivity index (χ1) is 16.5. The SMILES string of the molecule is CC(NO)C(=O)NC(C(=O)N1CCC2NCC(c3c[nH]c4cc(F)ccc34)C21)C1=CCCCC1. The fourth-order valence-corrected chi connectivity index (χ4v) is 5.84. The molecule has 1 aliphatic carbocycles. The Bertz CT molecular complexity index is 1120. The molecule has 9 heteroatoms. The molecular weight excluding hydrogens is 437 g/mol. The maximum Gasteiger partial charge on any atom is 0.249 e. The van der Waals surface area contributed by atoms with Crippen LogP contribution >= 0.6 is 0 Å². The summed E-state index contributed by atoms with van der Waals surface area (Å²) in [7, 11) is 0. The van der Waals surface area contributed by atoms with Gasteiger partial charge in [0.25, 0.3) is 0 Å². The molecule has 5 rings (SSSR count). The van der Waals surface area contributed by atoms with Crippen LogP contribution in [0.5, 0.6) is 0 Å². The van der Waals surface area contributed by atoms with Gasteiger partial charge in [0.1, 0.15) is 17.9 Å². The molecule has 2 fully saturated rings. The second kappa shape index (κ2) is 9.48. The van der Waals surface area contributed by atoms with E-state index < -0.39 is 18.0 Å². The van der Waals surface area contributed by atoms with Gasteiger partial charge in [-0.05, 0) is 68.4 Å². The molecular formula is C25H32FN5O3. The number of nitrogens with one attached hydrogen (secondary N) is 4. The third-order valence-electron chi connectivity index (χ3n) is 7.64. The van der Waals surface area contributed by atoms with Crippen LogP contribution in [0, 0.1) is 5.82 Å². The number of carbonyl (C=O) groups excluding carboxylic acids is 2. The van der Waals surface area contributed by atoms with E-state index in [-0.39, 0.29) is 29.7 Å². The lowest BCUT2D eigenvalue weighted by molar-refractivity contribution is -0.137. The van der Waals surface area contributed by atoms with Crippen LogP contribution in [0.3, 0.4) is 0 Å². The maximum absolute atomic E-state index is 14.0. The standard InChI is InChI=1S/C25H32FN5O3/c1-14(30-34)24(32)29-22(15-5-3-2-4-6-15)25(33)31-10-9-20-23(31)19(13-27-20)18-12-28-21-11-16(26)7-8-17(18)21/h5,7-8,11-12,14,19-20,22-23,27-28,30,34H,2-4,6,9-10,13H2,1H3,(H,29,32). The molecule has 2 aliphatic heterocycles. The molecule has 3 heterocycles. The van der Waals surface area contributed by atoms with Crippen LogP contribution in [-0.2, 0) is 9.59 Å². The van der Waals surface area contributed by atoms with Crippen LogP contribution in [0.25, 0.3) is 10.9 Å². The van der Waals surface area contributed by atoms with E-state index in [1.54, 1.807) is 13.0 Å². The Balaban J connectivity index is 1.44. The molecule has 5 atom stereocenters. The first-order valence-corrected chi connectivity index (χ1v) is 12.2. The largest absolute Gasteiger partial charge is 0.361 e. The summed E-state index contributed by atoms with van der Waals surface area (Å²) in [6.45, 7) is 2.89. The number of aromatic nitrogens is 1. The van der Waals surface area contributed by atoms with Crippen molar-refractivity contribution >= 4 is 22.7 Å². The van der Waals surface area contributed by atoms with Crippen LogP contribution in [0.1, 0.15) is 50.5 Å². The van der Waals surface area contributed by atoms with Gasteiger partial charge in [0.2, 0.25) is 11.8 Å². The monoisotopic (exact) mass is 469 g/mol. The van der Waals surface area contributed by atoms with E-state index in [0.29, 0.717) is 6.54 Å². The Labute approximate surface area is 197 Å². The van der Waals surface area contributed by atoms with Gasteiger partial charge in [0, 0.05) is 42.1 Å². The predicted molar refractivity (Wildman–Crippen MR) is 126 cm³/mol. The number of likely N-dealkylation sites (tertiary alicyclic amines) is 1. The molecule has 0 bridgehead atoms. The summed E-state index contributed by atoms with van der Waals surface area (Å²) in [6.07, 6.45) is 8.58. The summed E-state index contributed by atoms with van der Waals surface area (Å²) in [4.78, 5) is 31.7. The van der Waals surface area contributed by atoms with Crippen LogP contribution in [0.2, 0.25) is 0 Å². The highest BCUT2D eigenvalue weighted by molar-refractivity contribution is 5.92. The minimum Gasteiger partial charge on any atom is -0.361 e. The summed E-state index contributed by atoms with van der Waals surface area (Å²) in [5, 5.41) is 16.6. The highest BCUT2D eigenvalue weighted by atomic mass is 19.1. The molecule has 5 N–H and O–H groups in total. The van der Waals surface area contributed by atoms with E-state index >= 15 is 0 Å². The molecule has 3 aliphatic rings. The number of allylic oxidation sites excluding steroid dienone is 1. The number of H-pyrrole nitrogens is 1. The molecule has 8 nitrogen and oxygen atoms in total. The number of hydrogen-bond acceptors (Lipinski definition) is 5. The lowest BCUT2D eigenvalue weighted by Gasteiger charge is -2.34. The Morgan fingerprint density at radius 1 is 1.29 bits per heavy atom. The van der Waals surface area contributed by atoms with E-state index in [1.165, 1.54) is 12.1 Å². The smallest absolute Gasteiger partial charge is 0.249 e. The van der Waals surface area contributed by atoms with E-state index in [0.717, 1.165) is 60.7 Å². The molecule has 2 amide bonds. The zero-order valence-corrected chi connectivity index (χ0v) is 19.3. The summed E-state index contributed by atoms with van der Waals surface area (Å²) < 4.78 is 13.7. The molecule has 2 aromatic rings. The average Bonchev–Trinajstić information content (AvgIpc) is 3.56. The Kier molecular flexibility index (Phi) is 6.42. The zero-order chi connectivity index (χ0) is 23.8. The number of hydrogen-bond donors (Lipinski definition) is 5. The van der Waals surface area contributed by atoms with Crippen molar-refractivity contribution < 1.29 is 19.2 Å². The Morgan fingerprint density at radius 2 is 2.15 bits per heavy atom. The van der Waals surface area contributed by atoms with Crippen molar-refractivity contribution in [3.05, 3.63) is 47.4 Å². The topological polar surface area (TPSA) is 109 Å². The molecule has 0 radical (unpaired) electrons. The van der Waals surface area contributed by atoms with Crippen molar-refractivity contribution in [2.24, 2.45) is 0 Å². The number of fused-ring (bicyclic) bond motifs is 2. The average molecular weight is 470 g/mol. The summed E-state index contributed by atoms with van der Waals surface area (Å²) in [5.41, 5.74) is 4.74. The fourth-order valence-electron chi connectivity index (χ4n) is 5.84. The van der Waals surface area contributed by atoms with Gasteiger partial charge >= 0.3 is 0 Å². The summed E-state index contributed by atoms with van der Waals surface area (Å²) >= 11 is 0. The van der Waals surface area contributed by atoms with Gasteiger partial charge in [-0.2, -0.15) is 5.48 Å². The number of rotatable bonds is 6. The van der Waals surface area contributed by atoms with Crippen molar-refractivity contribution in [1.82, 2.24) is 26.0 Å². The van der Waals surface area contributed by atoms with Crippen LogP contribution in [0.4, 0.5) is 4.39 Å². The lowest BCUT2D eigenvalue weighted by atomic mass is 9.89. The summed E-state index contributed by atoms with van der Waals surface area (Å²) in [6, 6.07) is 3.33. The second-order valence-electron chi connectivity index (χ2n) is 9.68. The molecule has 1 aromatic carbocycles. The quantitative estimate of drug-likeness (QED) is 0.330. The van der Waals surface area contributed by atoms with Crippen LogP contribution in [0.15, 0.2) is 36.0 Å². The molecule has 34 heavy (non-hydrogen) atoms. The van der Waals surface area contributed by atoms with Gasteiger partial charge in [0.15, 0.2) is 0 Å². The molecule has 0 saturated carbocycles. The van der Waals surface area contributed by atoms with Gasteiger partial charge in [0.05, 0.1) is 6.04 Å². The van der Waals surface area contributed by atoms with Gasteiger partial charge in [-0.25, -0.2) is 4.39 Å². The van der Waals surface area contributed by atoms with Gasteiger partial charge in [-0.15, -0.1) is 0 Å². The number of nitrogens with zero attached hydrogens (tertiary/aromatic N) is 1. The van der Waals surface area contributed by atoms with Gasteiger partial charge in [-0.1, -0.05) is 6.08 Å². The first-order valence-electron chi connectivity index (χ1n) is 12.2. The van der Waals surface area contributed by atoms with Crippen LogP contribution in [-0.4, -0.2) is 64.2 Å². The van der Waals surface area contributed by atoms with E-state index in [1.807, 2.05) is 16.6 Å². The number of benzene rings is 1. The fraction of sp³-hybridized carbons (Fsp3) is 0.520. The first kappa shape index (κ1) is 23.0. The van der Waals surface area contributed by atoms with Gasteiger partial charge in [-0.3, -0.25) is 9.59 Å². The predicted octanol–water partition coefficient (Wildman–Crippen LogP) is 2.32. The van der Waals surface area contributed by atoms with E-state index in [9.17, 15) is 19.2 Å². The van der Waals surface area contributed by atoms with Crippen molar-refractivity contribution in [2.45, 2.75) is 69.1 Å². The number of halogens is 1. The molecule has 1 aromatic heterocycles. The maximum atomic E-state index is 14.0. The second-order valence-corrected chi connectivity index (χ2v) is 9.68. The molecule has 5 unspecified atom stereocenters. The van der Waals surface area contributed by atoms with E-state index in [4.69, 9.17) is 0 Å². The number of aromatic amines is 1. The van der Waals surface area contributed by atoms with Crippen molar-refractivity contribution in [1.29, 1.82) is 0 Å². The molecule has 2 saturated heterocycles. The molecule has 0 spiro atoms. The Morgan fingerprint density at radius 3 is 2.91 bits per heavy atom. The number of hydroxylamine groups is 1. The van der Waals surface area contributed by atoms with Crippen molar-refractivity contribution in [2.75, 3.05) is 13.1 Å². The molecule has 182 valence electrons. The van der Waals surface area contributed by atoms with E-state index in [2.05, 4.69) is 21.7 Å². The van der Waals surface area contributed by atoms with Crippen LogP contribution < -0.4 is 16.1 Å². The Hall–Kier alpha value is -2.75. The zero-order valence-electron chi connectivity index (χ0n) is 19.3. The lowest BCUT2D eigenvalue weighted by Crippen LogP contribution is -2.55. The number of carbonyl (C=O) groups is 2. The third kappa shape index (κ3) is 4.12. The minimum absolute atomic E-state index is 0.0477. The minimum atomic E-state index is -0.821. The normalized spacial score (nSPS) is 26.3. The highest BCUT2D eigenvalue weighted by Gasteiger charge is 2.48. The highest BCUT2D eigenvalue weighted by Crippen LogP contribution is 2.39. The third-order valence-corrected chi connectivity index (χ3v) is 7.64.